The molecule has 1 unspecified atom stereocenters. The van der Waals surface area contributed by atoms with Crippen LogP contribution >= 0.6 is 0 Å². The van der Waals surface area contributed by atoms with Gasteiger partial charge in [0.25, 0.3) is 0 Å². The highest BCUT2D eigenvalue weighted by Crippen LogP contribution is 2.41. The van der Waals surface area contributed by atoms with Crippen LogP contribution in [0.3, 0.4) is 0 Å². The molecule has 1 heterocycles. The van der Waals surface area contributed by atoms with Gasteiger partial charge in [0.15, 0.2) is 11.5 Å². The Labute approximate surface area is 163 Å². The van der Waals surface area contributed by atoms with Crippen molar-refractivity contribution in [3.63, 3.8) is 0 Å². The molecule has 2 N–H and O–H groups in total. The van der Waals surface area contributed by atoms with Crippen molar-refractivity contribution in [2.45, 2.75) is 17.9 Å². The maximum absolute atomic E-state index is 13.0. The molecule has 0 spiro atoms. The van der Waals surface area contributed by atoms with Crippen LogP contribution in [-0.2, 0) is 10.0 Å². The average Bonchev–Trinajstić information content (AvgIpc) is 3.14. The van der Waals surface area contributed by atoms with E-state index < -0.39 is 16.1 Å². The number of fused-ring (bicyclic) bond motifs is 1. The molecule has 3 aromatic carbocycles. The molecule has 6 nitrogen and oxygen atoms in total. The number of nitrogens with one attached hydrogen (secondary N) is 1. The Morgan fingerprint density at radius 2 is 1.61 bits per heavy atom. The molecule has 7 heteroatoms. The Kier molecular flexibility index (Phi) is 4.70. The van der Waals surface area contributed by atoms with Gasteiger partial charge in [-0.3, -0.25) is 0 Å². The Hall–Kier alpha value is -3.03. The van der Waals surface area contributed by atoms with E-state index in [4.69, 9.17) is 9.47 Å². The summed E-state index contributed by atoms with van der Waals surface area (Å²) in [4.78, 5) is 0.152. The van der Waals surface area contributed by atoms with E-state index in [2.05, 4.69) is 4.72 Å². The predicted molar refractivity (Wildman–Crippen MR) is 104 cm³/mol. The number of ether oxygens (including phenoxy) is 2. The van der Waals surface area contributed by atoms with Gasteiger partial charge in [0.2, 0.25) is 16.8 Å². The zero-order valence-electron chi connectivity index (χ0n) is 15.1. The van der Waals surface area contributed by atoms with Gasteiger partial charge in [-0.2, -0.15) is 4.72 Å². The number of rotatable bonds is 5. The lowest BCUT2D eigenvalue weighted by molar-refractivity contribution is 0.174. The lowest BCUT2D eigenvalue weighted by Crippen LogP contribution is -2.29. The van der Waals surface area contributed by atoms with Crippen molar-refractivity contribution >= 4 is 10.0 Å². The molecule has 0 aromatic heterocycles. The van der Waals surface area contributed by atoms with Crippen molar-refractivity contribution in [2.24, 2.45) is 0 Å². The molecule has 0 saturated carbocycles. The molecule has 0 radical (unpaired) electrons. The van der Waals surface area contributed by atoms with Crippen molar-refractivity contribution in [1.82, 2.24) is 4.72 Å². The van der Waals surface area contributed by atoms with Gasteiger partial charge in [0, 0.05) is 11.6 Å². The molecule has 1 aliphatic heterocycles. The second-order valence-electron chi connectivity index (χ2n) is 6.54. The summed E-state index contributed by atoms with van der Waals surface area (Å²) in [5.41, 5.74) is 2.03. The fourth-order valence-corrected chi connectivity index (χ4v) is 4.28. The molecular formula is C21H19NO5S. The molecule has 0 amide bonds. The first-order chi connectivity index (χ1) is 13.4. The number of benzene rings is 3. The normalized spacial score (nSPS) is 14.0. The summed E-state index contributed by atoms with van der Waals surface area (Å²) in [5, 5.41) is 10.5. The number of hydrogen-bond acceptors (Lipinski definition) is 5. The number of phenolic OH excluding ortho intramolecular Hbond substituents is 1. The highest BCUT2D eigenvalue weighted by atomic mass is 32.2. The Morgan fingerprint density at radius 3 is 2.29 bits per heavy atom. The SMILES string of the molecule is Cc1ccc(S(=O)(=O)NC(c2ccccc2)c2cc3c(cc2O)OCO3)cc1. The monoisotopic (exact) mass is 397 g/mol. The Bertz CT molecular complexity index is 1100. The van der Waals surface area contributed by atoms with E-state index in [9.17, 15) is 13.5 Å². The summed E-state index contributed by atoms with van der Waals surface area (Å²) in [6, 6.07) is 17.9. The molecular weight excluding hydrogens is 378 g/mol. The minimum Gasteiger partial charge on any atom is -0.507 e. The lowest BCUT2D eigenvalue weighted by Gasteiger charge is -2.21. The van der Waals surface area contributed by atoms with E-state index in [0.717, 1.165) is 5.56 Å². The third-order valence-corrected chi connectivity index (χ3v) is 6.01. The van der Waals surface area contributed by atoms with Crippen LogP contribution in [-0.4, -0.2) is 20.3 Å². The molecule has 0 saturated heterocycles. The zero-order valence-corrected chi connectivity index (χ0v) is 15.9. The summed E-state index contributed by atoms with van der Waals surface area (Å²) in [6.07, 6.45) is 0. The van der Waals surface area contributed by atoms with E-state index in [1.807, 2.05) is 25.1 Å². The molecule has 1 aliphatic rings. The van der Waals surface area contributed by atoms with Gasteiger partial charge in [0.05, 0.1) is 10.9 Å². The van der Waals surface area contributed by atoms with Gasteiger partial charge in [-0.25, -0.2) is 8.42 Å². The maximum Gasteiger partial charge on any atom is 0.241 e. The Morgan fingerprint density at radius 1 is 0.964 bits per heavy atom. The number of hydrogen-bond donors (Lipinski definition) is 2. The first kappa shape index (κ1) is 18.3. The van der Waals surface area contributed by atoms with Crippen LogP contribution in [0.25, 0.3) is 0 Å². The van der Waals surface area contributed by atoms with Crippen molar-refractivity contribution in [3.8, 4) is 17.2 Å². The fraction of sp³-hybridized carbons (Fsp3) is 0.143. The molecule has 0 aliphatic carbocycles. The highest BCUT2D eigenvalue weighted by Gasteiger charge is 2.27. The van der Waals surface area contributed by atoms with Crippen molar-refractivity contribution in [2.75, 3.05) is 6.79 Å². The standard InChI is InChI=1S/C21H19NO5S/c1-14-7-9-16(10-8-14)28(24,25)22-21(15-5-3-2-4-6-15)17-11-19-20(12-18(17)23)27-13-26-19/h2-12,21-23H,13H2,1H3. The highest BCUT2D eigenvalue weighted by molar-refractivity contribution is 7.89. The molecule has 1 atom stereocenters. The first-order valence-electron chi connectivity index (χ1n) is 8.70. The van der Waals surface area contributed by atoms with E-state index in [0.29, 0.717) is 22.6 Å². The van der Waals surface area contributed by atoms with Crippen LogP contribution in [0.15, 0.2) is 71.6 Å². The summed E-state index contributed by atoms with van der Waals surface area (Å²) in [7, 11) is -3.84. The second kappa shape index (κ2) is 7.18. The molecule has 144 valence electrons. The molecule has 28 heavy (non-hydrogen) atoms. The molecule has 4 rings (SSSR count). The van der Waals surface area contributed by atoms with E-state index >= 15 is 0 Å². The third kappa shape index (κ3) is 3.54. The average molecular weight is 397 g/mol. The van der Waals surface area contributed by atoms with Crippen LogP contribution in [0.4, 0.5) is 0 Å². The zero-order chi connectivity index (χ0) is 19.7. The van der Waals surface area contributed by atoms with Gasteiger partial charge in [-0.05, 0) is 30.7 Å². The number of sulfonamides is 1. The lowest BCUT2D eigenvalue weighted by atomic mass is 9.98. The number of aromatic hydroxyl groups is 1. The largest absolute Gasteiger partial charge is 0.507 e. The van der Waals surface area contributed by atoms with Gasteiger partial charge < -0.3 is 14.6 Å². The predicted octanol–water partition coefficient (Wildman–Crippen LogP) is 3.50. The second-order valence-corrected chi connectivity index (χ2v) is 8.26. The maximum atomic E-state index is 13.0. The molecule has 0 bridgehead atoms. The quantitative estimate of drug-likeness (QED) is 0.688. The smallest absolute Gasteiger partial charge is 0.241 e. The van der Waals surface area contributed by atoms with Gasteiger partial charge in [0.1, 0.15) is 5.75 Å². The van der Waals surface area contributed by atoms with Crippen LogP contribution in [0.1, 0.15) is 22.7 Å². The van der Waals surface area contributed by atoms with Crippen LogP contribution in [0, 0.1) is 6.92 Å². The molecule has 3 aromatic rings. The summed E-state index contributed by atoms with van der Waals surface area (Å²) >= 11 is 0. The molecule has 0 fully saturated rings. The minimum absolute atomic E-state index is 0.0589. The van der Waals surface area contributed by atoms with Crippen LogP contribution < -0.4 is 14.2 Å². The number of aryl methyl sites for hydroxylation is 1. The van der Waals surface area contributed by atoms with E-state index in [1.165, 1.54) is 6.07 Å². The summed E-state index contributed by atoms with van der Waals surface area (Å²) < 4.78 is 39.4. The summed E-state index contributed by atoms with van der Waals surface area (Å²) in [6.45, 7) is 1.95. The van der Waals surface area contributed by atoms with Crippen molar-refractivity contribution < 1.29 is 23.0 Å². The van der Waals surface area contributed by atoms with Crippen molar-refractivity contribution in [1.29, 1.82) is 0 Å². The third-order valence-electron chi connectivity index (χ3n) is 4.57. The fourth-order valence-electron chi connectivity index (χ4n) is 3.08. The van der Waals surface area contributed by atoms with Gasteiger partial charge in [-0.15, -0.1) is 0 Å². The van der Waals surface area contributed by atoms with E-state index in [1.54, 1.807) is 42.5 Å². The van der Waals surface area contributed by atoms with Crippen LogP contribution in [0.5, 0.6) is 17.2 Å². The van der Waals surface area contributed by atoms with Crippen molar-refractivity contribution in [3.05, 3.63) is 83.4 Å². The Balaban J connectivity index is 1.78. The number of phenols is 1. The minimum atomic E-state index is -3.84. The topological polar surface area (TPSA) is 84.9 Å². The van der Waals surface area contributed by atoms with Crippen LogP contribution in [0.2, 0.25) is 0 Å². The first-order valence-corrected chi connectivity index (χ1v) is 10.2. The van der Waals surface area contributed by atoms with E-state index in [-0.39, 0.29) is 17.4 Å². The van der Waals surface area contributed by atoms with Gasteiger partial charge in [-0.1, -0.05) is 48.0 Å². The van der Waals surface area contributed by atoms with Gasteiger partial charge >= 0.3 is 0 Å². The summed E-state index contributed by atoms with van der Waals surface area (Å²) in [5.74, 6) is 0.808.